The summed E-state index contributed by atoms with van der Waals surface area (Å²) >= 11 is 0. The summed E-state index contributed by atoms with van der Waals surface area (Å²) in [5, 5.41) is 0. The normalized spacial score (nSPS) is 21.9. The second kappa shape index (κ2) is 4.00. The Bertz CT molecular complexity index is 330. The van der Waals surface area contributed by atoms with Crippen LogP contribution in [0, 0.1) is 11.3 Å². The van der Waals surface area contributed by atoms with Crippen LogP contribution < -0.4 is 0 Å². The van der Waals surface area contributed by atoms with E-state index in [4.69, 9.17) is 0 Å². The van der Waals surface area contributed by atoms with Gasteiger partial charge in [-0.25, -0.2) is 0 Å². The van der Waals surface area contributed by atoms with Gasteiger partial charge < -0.3 is 0 Å². The van der Waals surface area contributed by atoms with Crippen LogP contribution in [-0.2, 0) is 12.8 Å². The van der Waals surface area contributed by atoms with Crippen molar-refractivity contribution in [1.82, 2.24) is 0 Å². The molecule has 0 saturated carbocycles. The summed E-state index contributed by atoms with van der Waals surface area (Å²) in [6, 6.07) is 8.99. The van der Waals surface area contributed by atoms with Crippen LogP contribution in [-0.4, -0.2) is 0 Å². The summed E-state index contributed by atoms with van der Waals surface area (Å²) in [6.45, 7) is 7.14. The first-order valence-electron chi connectivity index (χ1n) is 6.14. The third-order valence-electron chi connectivity index (χ3n) is 3.81. The van der Waals surface area contributed by atoms with Crippen LogP contribution >= 0.6 is 0 Å². The van der Waals surface area contributed by atoms with E-state index in [2.05, 4.69) is 45.0 Å². The van der Waals surface area contributed by atoms with Crippen LogP contribution in [0.25, 0.3) is 0 Å². The van der Waals surface area contributed by atoms with Crippen LogP contribution in [0.2, 0.25) is 0 Å². The Balaban J connectivity index is 2.25. The Morgan fingerprint density at radius 2 is 1.73 bits per heavy atom. The lowest BCUT2D eigenvalue weighted by atomic mass is 9.76. The Kier molecular flexibility index (Phi) is 2.86. The zero-order valence-electron chi connectivity index (χ0n) is 10.2. The molecule has 0 bridgehead atoms. The first-order chi connectivity index (χ1) is 7.07. The van der Waals surface area contributed by atoms with Gasteiger partial charge in [0, 0.05) is 0 Å². The molecule has 0 heteroatoms. The van der Waals surface area contributed by atoms with Crippen LogP contribution in [0.15, 0.2) is 24.3 Å². The maximum atomic E-state index is 2.38. The van der Waals surface area contributed by atoms with Crippen molar-refractivity contribution in [3.63, 3.8) is 0 Å². The zero-order chi connectivity index (χ0) is 10.9. The van der Waals surface area contributed by atoms with Crippen LogP contribution in [0.3, 0.4) is 0 Å². The molecular formula is C15H22. The van der Waals surface area contributed by atoms with Gasteiger partial charge >= 0.3 is 0 Å². The Hall–Kier alpha value is -0.780. The summed E-state index contributed by atoms with van der Waals surface area (Å²) in [6.07, 6.45) is 5.31. The molecule has 1 atom stereocenters. The van der Waals surface area contributed by atoms with Crippen molar-refractivity contribution in [1.29, 1.82) is 0 Å². The van der Waals surface area contributed by atoms with E-state index in [1.54, 1.807) is 11.1 Å². The molecule has 2 rings (SSSR count). The van der Waals surface area contributed by atoms with Crippen molar-refractivity contribution in [3.05, 3.63) is 35.4 Å². The fourth-order valence-corrected chi connectivity index (χ4v) is 2.65. The van der Waals surface area contributed by atoms with E-state index in [0.29, 0.717) is 5.41 Å². The molecule has 0 fully saturated rings. The van der Waals surface area contributed by atoms with Crippen molar-refractivity contribution in [2.45, 2.75) is 46.5 Å². The van der Waals surface area contributed by atoms with Gasteiger partial charge in [0.25, 0.3) is 0 Å². The molecule has 0 nitrogen and oxygen atoms in total. The molecule has 82 valence electrons. The van der Waals surface area contributed by atoms with Gasteiger partial charge in [-0.2, -0.15) is 0 Å². The predicted molar refractivity (Wildman–Crippen MR) is 66.0 cm³/mol. The molecule has 0 aromatic heterocycles. The van der Waals surface area contributed by atoms with Gasteiger partial charge in [-0.3, -0.25) is 0 Å². The van der Waals surface area contributed by atoms with Crippen molar-refractivity contribution in [2.75, 3.05) is 0 Å². The molecule has 0 aliphatic heterocycles. The monoisotopic (exact) mass is 202 g/mol. The molecule has 1 aromatic rings. The van der Waals surface area contributed by atoms with E-state index >= 15 is 0 Å². The van der Waals surface area contributed by atoms with Gasteiger partial charge in [0.2, 0.25) is 0 Å². The van der Waals surface area contributed by atoms with Crippen molar-refractivity contribution in [2.24, 2.45) is 11.3 Å². The minimum absolute atomic E-state index is 0.456. The fraction of sp³-hybridized carbons (Fsp3) is 0.600. The molecular weight excluding hydrogens is 180 g/mol. The molecule has 0 amide bonds. The minimum atomic E-state index is 0.456. The van der Waals surface area contributed by atoms with Crippen molar-refractivity contribution < 1.29 is 0 Å². The zero-order valence-corrected chi connectivity index (χ0v) is 10.2. The highest BCUT2D eigenvalue weighted by molar-refractivity contribution is 5.28. The highest BCUT2D eigenvalue weighted by atomic mass is 14.3. The Labute approximate surface area is 93.7 Å². The van der Waals surface area contributed by atoms with E-state index in [0.717, 1.165) is 5.92 Å². The Morgan fingerprint density at radius 3 is 2.40 bits per heavy atom. The van der Waals surface area contributed by atoms with E-state index < -0.39 is 0 Å². The first-order valence-corrected chi connectivity index (χ1v) is 6.14. The molecule has 15 heavy (non-hydrogen) atoms. The number of benzene rings is 1. The second-order valence-electron chi connectivity index (χ2n) is 5.93. The van der Waals surface area contributed by atoms with Crippen LogP contribution in [0.1, 0.15) is 44.7 Å². The van der Waals surface area contributed by atoms with Crippen molar-refractivity contribution >= 4 is 0 Å². The van der Waals surface area contributed by atoms with Gasteiger partial charge in [-0.15, -0.1) is 0 Å². The summed E-state index contributed by atoms with van der Waals surface area (Å²) in [7, 11) is 0. The lowest BCUT2D eigenvalue weighted by Gasteiger charge is -2.30. The maximum absolute atomic E-state index is 2.38. The summed E-state index contributed by atoms with van der Waals surface area (Å²) in [4.78, 5) is 0. The van der Waals surface area contributed by atoms with E-state index in [1.807, 2.05) is 0 Å². The summed E-state index contributed by atoms with van der Waals surface area (Å²) in [5.74, 6) is 0.848. The lowest BCUT2D eigenvalue weighted by molar-refractivity contribution is 0.224. The lowest BCUT2D eigenvalue weighted by Crippen LogP contribution is -2.21. The number of hydrogen-bond donors (Lipinski definition) is 0. The molecule has 0 spiro atoms. The van der Waals surface area contributed by atoms with Crippen LogP contribution in [0.5, 0.6) is 0 Å². The average Bonchev–Trinajstić information content (AvgIpc) is 2.38. The molecule has 0 N–H and O–H groups in total. The van der Waals surface area contributed by atoms with E-state index in [-0.39, 0.29) is 0 Å². The first kappa shape index (κ1) is 10.7. The van der Waals surface area contributed by atoms with Gasteiger partial charge in [0.05, 0.1) is 0 Å². The molecule has 0 heterocycles. The number of fused-ring (bicyclic) bond motifs is 1. The predicted octanol–water partition coefficient (Wildman–Crippen LogP) is 4.23. The van der Waals surface area contributed by atoms with Crippen LogP contribution in [0.4, 0.5) is 0 Å². The van der Waals surface area contributed by atoms with E-state index in [9.17, 15) is 0 Å². The molecule has 1 aliphatic rings. The average molecular weight is 202 g/mol. The minimum Gasteiger partial charge on any atom is -0.0620 e. The van der Waals surface area contributed by atoms with Gasteiger partial charge in [0.1, 0.15) is 0 Å². The number of aryl methyl sites for hydroxylation is 1. The van der Waals surface area contributed by atoms with Gasteiger partial charge in [0.15, 0.2) is 0 Å². The largest absolute Gasteiger partial charge is 0.0620 e. The quantitative estimate of drug-likeness (QED) is 0.552. The number of rotatable bonds is 0. The summed E-state index contributed by atoms with van der Waals surface area (Å²) < 4.78 is 0. The van der Waals surface area contributed by atoms with E-state index in [1.165, 1.54) is 25.7 Å². The Morgan fingerprint density at radius 1 is 1.07 bits per heavy atom. The highest BCUT2D eigenvalue weighted by Gasteiger charge is 2.26. The van der Waals surface area contributed by atoms with Gasteiger partial charge in [-0.05, 0) is 48.1 Å². The standard InChI is InChI=1S/C15H22/c1-15(2,3)14-10-6-9-12-7-4-5-8-13(12)11-14/h4-5,7-8,14H,6,9-11H2,1-3H3. The summed E-state index contributed by atoms with van der Waals surface area (Å²) in [5.41, 5.74) is 3.64. The molecule has 0 saturated heterocycles. The third-order valence-corrected chi connectivity index (χ3v) is 3.81. The third kappa shape index (κ3) is 2.42. The van der Waals surface area contributed by atoms with Crippen molar-refractivity contribution in [3.8, 4) is 0 Å². The van der Waals surface area contributed by atoms with Gasteiger partial charge in [-0.1, -0.05) is 45.0 Å². The molecule has 0 radical (unpaired) electrons. The highest BCUT2D eigenvalue weighted by Crippen LogP contribution is 2.36. The SMILES string of the molecule is CC(C)(C)C1CCCc2ccccc2C1. The molecule has 1 unspecified atom stereocenters. The number of hydrogen-bond acceptors (Lipinski definition) is 0. The fourth-order valence-electron chi connectivity index (χ4n) is 2.65. The second-order valence-corrected chi connectivity index (χ2v) is 5.93. The maximum Gasteiger partial charge on any atom is -0.0243 e. The molecule has 1 aliphatic carbocycles. The molecule has 1 aromatic carbocycles. The smallest absolute Gasteiger partial charge is 0.0243 e. The topological polar surface area (TPSA) is 0 Å².